The van der Waals surface area contributed by atoms with E-state index in [2.05, 4.69) is 110 Å². The Hall–Kier alpha value is -1.42. The van der Waals surface area contributed by atoms with Crippen LogP contribution in [0.1, 0.15) is 0 Å². The number of aromatic nitrogens is 2. The van der Waals surface area contributed by atoms with Gasteiger partial charge >= 0.3 is 0 Å². The first-order valence-electron chi connectivity index (χ1n) is 10.1. The zero-order chi connectivity index (χ0) is 23.7. The van der Waals surface area contributed by atoms with Crippen molar-refractivity contribution in [1.82, 2.24) is 9.97 Å². The third kappa shape index (κ3) is 5.69. The van der Waals surface area contributed by atoms with Gasteiger partial charge in [0.25, 0.3) is 0 Å². The Balaban J connectivity index is 0.000000142. The van der Waals surface area contributed by atoms with Crippen LogP contribution in [0.3, 0.4) is 0 Å². The average Bonchev–Trinajstić information content (AvgIpc) is 3.43. The summed E-state index contributed by atoms with van der Waals surface area (Å²) in [7, 11) is 0. The molecule has 6 rings (SSSR count). The molecule has 34 heavy (non-hydrogen) atoms. The van der Waals surface area contributed by atoms with Crippen molar-refractivity contribution in [1.29, 1.82) is 0 Å². The molecule has 2 nitrogen and oxygen atoms in total. The SMILES string of the molecule is Brc1cc(Br)cc(-c2nc3ccccc3s2)c1.Brc1cc(Br)cc(-c2nc3ccccc3s2)c1. The molecule has 0 saturated carbocycles. The van der Waals surface area contributed by atoms with Gasteiger partial charge in [-0.05, 0) is 60.7 Å². The number of nitrogens with zero attached hydrogens (tertiary/aromatic N) is 2. The van der Waals surface area contributed by atoms with Gasteiger partial charge in [0.1, 0.15) is 10.0 Å². The smallest absolute Gasteiger partial charge is 0.124 e. The van der Waals surface area contributed by atoms with Crippen molar-refractivity contribution < 1.29 is 0 Å². The van der Waals surface area contributed by atoms with E-state index in [-0.39, 0.29) is 0 Å². The van der Waals surface area contributed by atoms with Gasteiger partial charge in [-0.2, -0.15) is 0 Å². The number of fused-ring (bicyclic) bond motifs is 2. The van der Waals surface area contributed by atoms with E-state index < -0.39 is 0 Å². The molecule has 168 valence electrons. The Morgan fingerprint density at radius 3 is 1.18 bits per heavy atom. The van der Waals surface area contributed by atoms with Crippen molar-refractivity contribution in [2.75, 3.05) is 0 Å². The molecule has 0 aliphatic heterocycles. The van der Waals surface area contributed by atoms with Crippen LogP contribution in [0.4, 0.5) is 0 Å². The maximum Gasteiger partial charge on any atom is 0.124 e. The Labute approximate surface area is 238 Å². The summed E-state index contributed by atoms with van der Waals surface area (Å²) in [5.41, 5.74) is 4.38. The molecule has 2 heterocycles. The van der Waals surface area contributed by atoms with Crippen LogP contribution in [-0.2, 0) is 0 Å². The largest absolute Gasteiger partial charge is 0.236 e. The second-order valence-corrected chi connectivity index (χ2v) is 13.0. The minimum Gasteiger partial charge on any atom is -0.236 e. The number of halogens is 4. The first kappa shape index (κ1) is 24.3. The molecule has 4 aromatic carbocycles. The molecule has 0 spiro atoms. The van der Waals surface area contributed by atoms with Crippen LogP contribution in [0.2, 0.25) is 0 Å². The Morgan fingerprint density at radius 2 is 0.824 bits per heavy atom. The van der Waals surface area contributed by atoms with E-state index in [0.29, 0.717) is 0 Å². The maximum absolute atomic E-state index is 4.64. The molecule has 6 aromatic rings. The minimum atomic E-state index is 1.05. The third-order valence-electron chi connectivity index (χ3n) is 4.81. The highest BCUT2D eigenvalue weighted by Gasteiger charge is 2.08. The lowest BCUT2D eigenvalue weighted by Gasteiger charge is -1.98. The molecule has 0 fully saturated rings. The van der Waals surface area contributed by atoms with Crippen LogP contribution in [0.25, 0.3) is 41.6 Å². The van der Waals surface area contributed by atoms with Crippen LogP contribution < -0.4 is 0 Å². The number of hydrogen-bond donors (Lipinski definition) is 0. The summed E-state index contributed by atoms with van der Waals surface area (Å²) in [4.78, 5) is 9.28. The van der Waals surface area contributed by atoms with Crippen molar-refractivity contribution in [3.63, 3.8) is 0 Å². The van der Waals surface area contributed by atoms with Gasteiger partial charge in [-0.1, -0.05) is 88.0 Å². The summed E-state index contributed by atoms with van der Waals surface area (Å²) in [6.07, 6.45) is 0. The summed E-state index contributed by atoms with van der Waals surface area (Å²) < 4.78 is 6.67. The monoisotopic (exact) mass is 734 g/mol. The zero-order valence-corrected chi connectivity index (χ0v) is 25.3. The first-order valence-corrected chi connectivity index (χ1v) is 14.9. The lowest BCUT2D eigenvalue weighted by atomic mass is 10.2. The Kier molecular flexibility index (Phi) is 7.63. The molecule has 0 aliphatic carbocycles. The van der Waals surface area contributed by atoms with Gasteiger partial charge in [0.15, 0.2) is 0 Å². The Morgan fingerprint density at radius 1 is 0.471 bits per heavy atom. The van der Waals surface area contributed by atoms with Crippen molar-refractivity contribution in [3.05, 3.63) is 103 Å². The summed E-state index contributed by atoms with van der Waals surface area (Å²) >= 11 is 17.4. The molecule has 8 heteroatoms. The fourth-order valence-electron chi connectivity index (χ4n) is 3.35. The van der Waals surface area contributed by atoms with E-state index in [4.69, 9.17) is 0 Å². The minimum absolute atomic E-state index is 1.05. The normalized spacial score (nSPS) is 10.9. The predicted molar refractivity (Wildman–Crippen MR) is 161 cm³/mol. The number of rotatable bonds is 2. The van der Waals surface area contributed by atoms with Crippen LogP contribution in [0.15, 0.2) is 103 Å². The highest BCUT2D eigenvalue weighted by molar-refractivity contribution is 9.11. The molecule has 0 atom stereocenters. The van der Waals surface area contributed by atoms with Crippen LogP contribution >= 0.6 is 86.4 Å². The number of hydrogen-bond acceptors (Lipinski definition) is 4. The highest BCUT2D eigenvalue weighted by atomic mass is 79.9. The molecule has 0 unspecified atom stereocenters. The molecule has 0 saturated heterocycles. The fraction of sp³-hybridized carbons (Fsp3) is 0. The average molecular weight is 738 g/mol. The second-order valence-electron chi connectivity index (χ2n) is 7.29. The molecule has 0 N–H and O–H groups in total. The van der Waals surface area contributed by atoms with Crippen molar-refractivity contribution >= 4 is 107 Å². The molecular formula is C26H14Br4N2S2. The molecule has 0 amide bonds. The molecule has 0 radical (unpaired) electrons. The number of thiazole rings is 2. The van der Waals surface area contributed by atoms with Crippen LogP contribution in [-0.4, -0.2) is 9.97 Å². The first-order chi connectivity index (χ1) is 16.4. The van der Waals surface area contributed by atoms with E-state index >= 15 is 0 Å². The zero-order valence-electron chi connectivity index (χ0n) is 17.3. The van der Waals surface area contributed by atoms with Crippen molar-refractivity contribution in [2.24, 2.45) is 0 Å². The van der Waals surface area contributed by atoms with E-state index in [0.717, 1.165) is 50.1 Å². The standard InChI is InChI=1S/2C13H7Br2NS/c2*14-9-5-8(6-10(15)7-9)13-16-11-3-1-2-4-12(11)17-13/h2*1-7H. The predicted octanol–water partition coefficient (Wildman–Crippen LogP) is 11.0. The van der Waals surface area contributed by atoms with Gasteiger partial charge in [-0.3, -0.25) is 0 Å². The summed E-state index contributed by atoms with van der Waals surface area (Å²) in [5.74, 6) is 0. The number of benzene rings is 4. The van der Waals surface area contributed by atoms with Gasteiger partial charge in [-0.25, -0.2) is 9.97 Å². The highest BCUT2D eigenvalue weighted by Crippen LogP contribution is 2.34. The van der Waals surface area contributed by atoms with Crippen molar-refractivity contribution in [3.8, 4) is 21.1 Å². The van der Waals surface area contributed by atoms with Gasteiger partial charge < -0.3 is 0 Å². The summed E-state index contributed by atoms with van der Waals surface area (Å²) in [6, 6.07) is 28.8. The lowest BCUT2D eigenvalue weighted by Crippen LogP contribution is -1.77. The van der Waals surface area contributed by atoms with Crippen molar-refractivity contribution in [2.45, 2.75) is 0 Å². The number of para-hydroxylation sites is 2. The topological polar surface area (TPSA) is 25.8 Å². The lowest BCUT2D eigenvalue weighted by molar-refractivity contribution is 1.46. The molecule has 2 aromatic heterocycles. The quantitative estimate of drug-likeness (QED) is 0.177. The molecule has 0 aliphatic rings. The third-order valence-corrected chi connectivity index (χ3v) is 8.81. The van der Waals surface area contributed by atoms with Gasteiger partial charge in [0.05, 0.1) is 20.4 Å². The molecule has 0 bridgehead atoms. The van der Waals surface area contributed by atoms with E-state index in [1.807, 2.05) is 48.5 Å². The molecular weight excluding hydrogens is 724 g/mol. The van der Waals surface area contributed by atoms with E-state index in [9.17, 15) is 0 Å². The summed E-state index contributed by atoms with van der Waals surface area (Å²) in [5, 5.41) is 2.10. The van der Waals surface area contributed by atoms with Gasteiger partial charge in [0, 0.05) is 29.0 Å². The maximum atomic E-state index is 4.64. The fourth-order valence-corrected chi connectivity index (χ4v) is 7.84. The van der Waals surface area contributed by atoms with E-state index in [1.165, 1.54) is 9.40 Å². The second kappa shape index (κ2) is 10.7. The summed E-state index contributed by atoms with van der Waals surface area (Å²) in [6.45, 7) is 0. The van der Waals surface area contributed by atoms with Gasteiger partial charge in [0.2, 0.25) is 0 Å². The van der Waals surface area contributed by atoms with Crippen LogP contribution in [0.5, 0.6) is 0 Å². The Bertz CT molecular complexity index is 1400. The van der Waals surface area contributed by atoms with E-state index in [1.54, 1.807) is 22.7 Å². The van der Waals surface area contributed by atoms with Crippen LogP contribution in [0, 0.1) is 0 Å². The van der Waals surface area contributed by atoms with Gasteiger partial charge in [-0.15, -0.1) is 22.7 Å².